The van der Waals surface area contributed by atoms with Crippen molar-refractivity contribution in [1.29, 1.82) is 0 Å². The quantitative estimate of drug-likeness (QED) is 0.643. The molecule has 1 atom stereocenters. The summed E-state index contributed by atoms with van der Waals surface area (Å²) in [5, 5.41) is 6.18. The van der Waals surface area contributed by atoms with Gasteiger partial charge in [-0.1, -0.05) is 49.2 Å². The number of hydrogen-bond donors (Lipinski definition) is 2. The van der Waals surface area contributed by atoms with Gasteiger partial charge in [0.1, 0.15) is 5.82 Å². The van der Waals surface area contributed by atoms with Crippen molar-refractivity contribution in [2.45, 2.75) is 32.7 Å². The maximum atomic E-state index is 13.6. The van der Waals surface area contributed by atoms with Crippen molar-refractivity contribution in [3.63, 3.8) is 0 Å². The lowest BCUT2D eigenvalue weighted by atomic mass is 10.0. The first kappa shape index (κ1) is 19.7. The Labute approximate surface area is 157 Å². The van der Waals surface area contributed by atoms with Gasteiger partial charge in [-0.3, -0.25) is 4.79 Å². The van der Waals surface area contributed by atoms with E-state index in [2.05, 4.69) is 24.5 Å². The summed E-state index contributed by atoms with van der Waals surface area (Å²) >= 11 is 11.8. The highest BCUT2D eigenvalue weighted by Gasteiger charge is 2.14. The topological polar surface area (TPSA) is 41.1 Å². The minimum absolute atomic E-state index is 0.0245. The van der Waals surface area contributed by atoms with Gasteiger partial charge >= 0.3 is 0 Å². The van der Waals surface area contributed by atoms with Crippen LogP contribution in [0.5, 0.6) is 0 Å². The molecule has 0 bridgehead atoms. The van der Waals surface area contributed by atoms with Crippen LogP contribution in [0.25, 0.3) is 0 Å². The molecular formula is C19H21Cl2FN2O. The van der Waals surface area contributed by atoms with E-state index in [4.69, 9.17) is 23.2 Å². The van der Waals surface area contributed by atoms with E-state index < -0.39 is 5.82 Å². The molecule has 0 fully saturated rings. The first-order valence-electron chi connectivity index (χ1n) is 8.05. The molecule has 134 valence electrons. The van der Waals surface area contributed by atoms with Crippen LogP contribution in [-0.4, -0.2) is 12.5 Å². The Hall–Kier alpha value is -1.62. The second-order valence-corrected chi connectivity index (χ2v) is 7.03. The lowest BCUT2D eigenvalue weighted by molar-refractivity contribution is -0.115. The van der Waals surface area contributed by atoms with Gasteiger partial charge in [0.25, 0.3) is 0 Å². The molecule has 2 aromatic rings. The summed E-state index contributed by atoms with van der Waals surface area (Å²) < 4.78 is 13.6. The second-order valence-electron chi connectivity index (χ2n) is 6.22. The van der Waals surface area contributed by atoms with E-state index in [9.17, 15) is 9.18 Å². The number of amides is 1. The number of rotatable bonds is 6. The van der Waals surface area contributed by atoms with E-state index in [1.165, 1.54) is 17.7 Å². The molecule has 3 nitrogen and oxygen atoms in total. The van der Waals surface area contributed by atoms with E-state index >= 15 is 0 Å². The third-order valence-electron chi connectivity index (χ3n) is 3.94. The third-order valence-corrected chi connectivity index (χ3v) is 4.55. The van der Waals surface area contributed by atoms with Crippen LogP contribution < -0.4 is 10.6 Å². The van der Waals surface area contributed by atoms with E-state index in [0.717, 1.165) is 5.69 Å². The SMILES string of the molecule is CC(C)c1ccc(NC(=O)CNC(C)c2cc(F)c(Cl)cc2Cl)cc1. The highest BCUT2D eigenvalue weighted by Crippen LogP contribution is 2.28. The van der Waals surface area contributed by atoms with Gasteiger partial charge in [-0.05, 0) is 48.2 Å². The molecule has 0 heterocycles. The van der Waals surface area contributed by atoms with Gasteiger partial charge in [-0.15, -0.1) is 0 Å². The van der Waals surface area contributed by atoms with Gasteiger partial charge in [0.15, 0.2) is 0 Å². The van der Waals surface area contributed by atoms with Crippen molar-refractivity contribution in [3.05, 3.63) is 63.4 Å². The molecule has 25 heavy (non-hydrogen) atoms. The monoisotopic (exact) mass is 382 g/mol. The van der Waals surface area contributed by atoms with Crippen LogP contribution in [0.4, 0.5) is 10.1 Å². The van der Waals surface area contributed by atoms with E-state index in [-0.39, 0.29) is 23.5 Å². The number of benzene rings is 2. The van der Waals surface area contributed by atoms with Crippen LogP contribution in [0.1, 0.15) is 43.9 Å². The number of nitrogens with one attached hydrogen (secondary N) is 2. The molecule has 1 amide bonds. The molecule has 0 aliphatic rings. The fourth-order valence-electron chi connectivity index (χ4n) is 2.38. The van der Waals surface area contributed by atoms with Crippen molar-refractivity contribution < 1.29 is 9.18 Å². The Morgan fingerprint density at radius 2 is 1.72 bits per heavy atom. The van der Waals surface area contributed by atoms with Crippen molar-refractivity contribution in [1.82, 2.24) is 5.32 Å². The average molecular weight is 383 g/mol. The second kappa shape index (κ2) is 8.65. The van der Waals surface area contributed by atoms with Gasteiger partial charge in [-0.25, -0.2) is 4.39 Å². The zero-order valence-corrected chi connectivity index (χ0v) is 15.9. The smallest absolute Gasteiger partial charge is 0.238 e. The van der Waals surface area contributed by atoms with Crippen molar-refractivity contribution >= 4 is 34.8 Å². The standard InChI is InChI=1S/C19H21Cl2FN2O/c1-11(2)13-4-6-14(7-5-13)24-19(25)10-23-12(3)15-8-18(22)17(21)9-16(15)20/h4-9,11-12,23H,10H2,1-3H3,(H,24,25). The Balaban J connectivity index is 1.92. The predicted octanol–water partition coefficient (Wildman–Crippen LogP) is 5.55. The van der Waals surface area contributed by atoms with E-state index in [0.29, 0.717) is 16.5 Å². The maximum Gasteiger partial charge on any atom is 0.238 e. The Morgan fingerprint density at radius 3 is 2.32 bits per heavy atom. The summed E-state index contributed by atoms with van der Waals surface area (Å²) in [6.07, 6.45) is 0. The number of carbonyl (C=O) groups excluding carboxylic acids is 1. The lowest BCUT2D eigenvalue weighted by Gasteiger charge is -2.16. The van der Waals surface area contributed by atoms with Gasteiger partial charge in [-0.2, -0.15) is 0 Å². The first-order chi connectivity index (χ1) is 11.8. The van der Waals surface area contributed by atoms with Gasteiger partial charge in [0.05, 0.1) is 11.6 Å². The Bertz CT molecular complexity index is 748. The molecule has 0 aromatic heterocycles. The van der Waals surface area contributed by atoms with Crippen LogP contribution in [0.3, 0.4) is 0 Å². The predicted molar refractivity (Wildman–Crippen MR) is 102 cm³/mol. The largest absolute Gasteiger partial charge is 0.325 e. The fourth-order valence-corrected chi connectivity index (χ4v) is 2.93. The molecule has 0 saturated heterocycles. The maximum absolute atomic E-state index is 13.6. The molecular weight excluding hydrogens is 362 g/mol. The summed E-state index contributed by atoms with van der Waals surface area (Å²) in [4.78, 5) is 12.1. The minimum atomic E-state index is -0.538. The third kappa shape index (κ3) is 5.43. The Morgan fingerprint density at radius 1 is 1.08 bits per heavy atom. The summed E-state index contributed by atoms with van der Waals surface area (Å²) in [6, 6.07) is 10.1. The minimum Gasteiger partial charge on any atom is -0.325 e. The lowest BCUT2D eigenvalue weighted by Crippen LogP contribution is -2.30. The summed E-state index contributed by atoms with van der Waals surface area (Å²) in [7, 11) is 0. The number of carbonyl (C=O) groups is 1. The van der Waals surface area contributed by atoms with Gasteiger partial charge in [0.2, 0.25) is 5.91 Å². The number of anilines is 1. The van der Waals surface area contributed by atoms with Crippen LogP contribution in [0.2, 0.25) is 10.0 Å². The molecule has 6 heteroatoms. The Kier molecular flexibility index (Phi) is 6.82. The van der Waals surface area contributed by atoms with Crippen molar-refractivity contribution in [2.75, 3.05) is 11.9 Å². The van der Waals surface area contributed by atoms with E-state index in [1.807, 2.05) is 24.3 Å². The van der Waals surface area contributed by atoms with Crippen LogP contribution in [0.15, 0.2) is 36.4 Å². The highest BCUT2D eigenvalue weighted by atomic mass is 35.5. The molecule has 2 aromatic carbocycles. The first-order valence-corrected chi connectivity index (χ1v) is 8.81. The molecule has 0 spiro atoms. The van der Waals surface area contributed by atoms with Crippen LogP contribution in [0, 0.1) is 5.82 Å². The zero-order valence-electron chi connectivity index (χ0n) is 14.4. The summed E-state index contributed by atoms with van der Waals surface area (Å²) in [5.41, 5.74) is 2.50. The fraction of sp³-hybridized carbons (Fsp3) is 0.316. The molecule has 0 aliphatic heterocycles. The molecule has 1 unspecified atom stereocenters. The molecule has 0 aliphatic carbocycles. The normalized spacial score (nSPS) is 12.3. The number of halogens is 3. The van der Waals surface area contributed by atoms with Crippen LogP contribution in [-0.2, 0) is 4.79 Å². The van der Waals surface area contributed by atoms with E-state index in [1.54, 1.807) is 6.92 Å². The van der Waals surface area contributed by atoms with Gasteiger partial charge < -0.3 is 10.6 Å². The summed E-state index contributed by atoms with van der Waals surface area (Å²) in [6.45, 7) is 6.11. The molecule has 0 radical (unpaired) electrons. The molecule has 2 rings (SSSR count). The molecule has 0 saturated carbocycles. The van der Waals surface area contributed by atoms with Gasteiger partial charge in [0, 0.05) is 16.8 Å². The summed E-state index contributed by atoms with van der Waals surface area (Å²) in [5.74, 6) is -0.282. The van der Waals surface area contributed by atoms with Crippen molar-refractivity contribution in [2.24, 2.45) is 0 Å². The number of hydrogen-bond acceptors (Lipinski definition) is 2. The zero-order chi connectivity index (χ0) is 18.6. The average Bonchev–Trinajstić information content (AvgIpc) is 2.56. The van der Waals surface area contributed by atoms with Crippen LogP contribution >= 0.6 is 23.2 Å². The highest BCUT2D eigenvalue weighted by molar-refractivity contribution is 6.35. The molecule has 2 N–H and O–H groups in total. The van der Waals surface area contributed by atoms with Crippen molar-refractivity contribution in [3.8, 4) is 0 Å².